The van der Waals surface area contributed by atoms with Crippen LogP contribution in [0.3, 0.4) is 0 Å². The van der Waals surface area contributed by atoms with Gasteiger partial charge in [-0.1, -0.05) is 25.0 Å². The van der Waals surface area contributed by atoms with Crippen molar-refractivity contribution in [2.24, 2.45) is 10.9 Å². The van der Waals surface area contributed by atoms with E-state index < -0.39 is 0 Å². The second kappa shape index (κ2) is 9.39. The van der Waals surface area contributed by atoms with Crippen LogP contribution in [-0.2, 0) is 14.9 Å². The number of nitrogens with one attached hydrogen (secondary N) is 1. The Hall–Kier alpha value is -2.11. The largest absolute Gasteiger partial charge is 0.466 e. The summed E-state index contributed by atoms with van der Waals surface area (Å²) in [4.78, 5) is 18.7. The first-order valence-electron chi connectivity index (χ1n) is 10.5. The van der Waals surface area contributed by atoms with Crippen LogP contribution in [0.15, 0.2) is 29.3 Å². The lowest BCUT2D eigenvalue weighted by Gasteiger charge is -2.36. The molecule has 0 radical (unpaired) electrons. The summed E-state index contributed by atoms with van der Waals surface area (Å²) in [5.74, 6) is 0.613. The van der Waals surface area contributed by atoms with Gasteiger partial charge in [0.1, 0.15) is 5.82 Å². The Kier molecular flexibility index (Phi) is 6.92. The number of aliphatic imine (C=N–C) groups is 1. The second-order valence-corrected chi connectivity index (χ2v) is 7.91. The van der Waals surface area contributed by atoms with Crippen LogP contribution in [-0.4, -0.2) is 50.1 Å². The number of carbonyl (C=O) groups is 1. The molecule has 0 amide bonds. The van der Waals surface area contributed by atoms with Crippen molar-refractivity contribution in [3.8, 4) is 0 Å². The smallest absolute Gasteiger partial charge is 0.309 e. The topological polar surface area (TPSA) is 53.9 Å². The molecule has 2 fully saturated rings. The number of carbonyl (C=O) groups excluding carboxylic acids is 1. The maximum absolute atomic E-state index is 13.4. The molecule has 1 heterocycles. The number of guanidine groups is 1. The van der Waals surface area contributed by atoms with E-state index in [-0.39, 0.29) is 23.1 Å². The number of hydrogen-bond acceptors (Lipinski definition) is 3. The third-order valence-electron chi connectivity index (χ3n) is 6.23. The second-order valence-electron chi connectivity index (χ2n) is 7.91. The third kappa shape index (κ3) is 4.65. The monoisotopic (exact) mass is 389 g/mol. The van der Waals surface area contributed by atoms with Gasteiger partial charge in [0, 0.05) is 32.1 Å². The van der Waals surface area contributed by atoms with Gasteiger partial charge >= 0.3 is 5.97 Å². The van der Waals surface area contributed by atoms with Crippen LogP contribution in [0.5, 0.6) is 0 Å². The number of nitrogens with zero attached hydrogens (tertiary/aromatic N) is 2. The van der Waals surface area contributed by atoms with Crippen LogP contribution in [0.25, 0.3) is 0 Å². The van der Waals surface area contributed by atoms with Crippen molar-refractivity contribution >= 4 is 11.9 Å². The van der Waals surface area contributed by atoms with Crippen LogP contribution >= 0.6 is 0 Å². The van der Waals surface area contributed by atoms with Gasteiger partial charge in [-0.2, -0.15) is 0 Å². The summed E-state index contributed by atoms with van der Waals surface area (Å²) >= 11 is 0. The Bertz CT molecular complexity index is 676. The van der Waals surface area contributed by atoms with Gasteiger partial charge in [0.15, 0.2) is 5.96 Å². The fraction of sp³-hybridized carbons (Fsp3) is 0.636. The van der Waals surface area contributed by atoms with Crippen LogP contribution in [0, 0.1) is 11.7 Å². The van der Waals surface area contributed by atoms with Gasteiger partial charge in [-0.05, 0) is 50.3 Å². The molecule has 1 aromatic carbocycles. The van der Waals surface area contributed by atoms with Crippen molar-refractivity contribution < 1.29 is 13.9 Å². The highest BCUT2D eigenvalue weighted by Gasteiger charge is 2.36. The molecule has 1 aromatic rings. The van der Waals surface area contributed by atoms with Crippen molar-refractivity contribution in [1.29, 1.82) is 0 Å². The van der Waals surface area contributed by atoms with E-state index in [4.69, 9.17) is 4.74 Å². The minimum Gasteiger partial charge on any atom is -0.466 e. The summed E-state index contributed by atoms with van der Waals surface area (Å²) in [6.07, 6.45) is 6.19. The van der Waals surface area contributed by atoms with Crippen LogP contribution in [0.1, 0.15) is 51.0 Å². The van der Waals surface area contributed by atoms with E-state index in [1.165, 1.54) is 18.4 Å². The standard InChI is InChI=1S/C22H32FN3O2/c1-3-28-20(27)17-10-14-26(15-11-17)21(24-2)25-16-22(12-4-5-13-22)18-6-8-19(23)9-7-18/h6-9,17H,3-5,10-16H2,1-2H3,(H,24,25). The molecule has 1 aliphatic carbocycles. The molecule has 1 N–H and O–H groups in total. The zero-order valence-electron chi connectivity index (χ0n) is 17.0. The van der Waals surface area contributed by atoms with Gasteiger partial charge in [-0.3, -0.25) is 9.79 Å². The lowest BCUT2D eigenvalue weighted by Crippen LogP contribution is -2.49. The molecule has 0 atom stereocenters. The summed E-state index contributed by atoms with van der Waals surface area (Å²) in [6, 6.07) is 6.97. The summed E-state index contributed by atoms with van der Waals surface area (Å²) in [6.45, 7) is 4.68. The van der Waals surface area contributed by atoms with Gasteiger partial charge < -0.3 is 15.0 Å². The highest BCUT2D eigenvalue weighted by Crippen LogP contribution is 2.40. The first-order valence-corrected chi connectivity index (χ1v) is 10.5. The molecule has 0 unspecified atom stereocenters. The predicted molar refractivity (Wildman–Crippen MR) is 109 cm³/mol. The van der Waals surface area contributed by atoms with E-state index in [0.717, 1.165) is 51.3 Å². The van der Waals surface area contributed by atoms with E-state index in [2.05, 4.69) is 15.2 Å². The number of hydrogen-bond donors (Lipinski definition) is 1. The summed E-state index contributed by atoms with van der Waals surface area (Å²) in [5.41, 5.74) is 1.24. The Morgan fingerprint density at radius 3 is 2.46 bits per heavy atom. The minimum absolute atomic E-state index is 0.00491. The minimum atomic E-state index is -0.190. The Morgan fingerprint density at radius 2 is 1.89 bits per heavy atom. The summed E-state index contributed by atoms with van der Waals surface area (Å²) in [5, 5.41) is 3.57. The molecule has 0 aromatic heterocycles. The molecule has 6 heteroatoms. The number of piperidine rings is 1. The van der Waals surface area contributed by atoms with E-state index in [9.17, 15) is 9.18 Å². The van der Waals surface area contributed by atoms with Gasteiger partial charge in [0.2, 0.25) is 0 Å². The van der Waals surface area contributed by atoms with Crippen LogP contribution in [0.2, 0.25) is 0 Å². The zero-order chi connectivity index (χ0) is 20.0. The van der Waals surface area contributed by atoms with Gasteiger partial charge in [0.25, 0.3) is 0 Å². The maximum Gasteiger partial charge on any atom is 0.309 e. The number of benzene rings is 1. The lowest BCUT2D eigenvalue weighted by atomic mass is 9.79. The van der Waals surface area contributed by atoms with Crippen molar-refractivity contribution in [1.82, 2.24) is 10.2 Å². The Balaban J connectivity index is 1.60. The first-order chi connectivity index (χ1) is 13.6. The molecule has 1 aliphatic heterocycles. The average molecular weight is 390 g/mol. The highest BCUT2D eigenvalue weighted by atomic mass is 19.1. The fourth-order valence-electron chi connectivity index (χ4n) is 4.59. The van der Waals surface area contributed by atoms with Gasteiger partial charge in [-0.25, -0.2) is 4.39 Å². The average Bonchev–Trinajstić information content (AvgIpc) is 3.20. The molecule has 3 rings (SSSR count). The van der Waals surface area contributed by atoms with Crippen molar-refractivity contribution in [2.75, 3.05) is 33.3 Å². The molecule has 154 valence electrons. The molecule has 2 aliphatic rings. The van der Waals surface area contributed by atoms with Gasteiger partial charge in [-0.15, -0.1) is 0 Å². The van der Waals surface area contributed by atoms with E-state index in [1.807, 2.05) is 19.1 Å². The molecule has 0 bridgehead atoms. The quantitative estimate of drug-likeness (QED) is 0.476. The Morgan fingerprint density at radius 1 is 1.25 bits per heavy atom. The summed E-state index contributed by atoms with van der Waals surface area (Å²) < 4.78 is 18.5. The lowest BCUT2D eigenvalue weighted by molar-refractivity contribution is -0.149. The van der Waals surface area contributed by atoms with Crippen LogP contribution in [0.4, 0.5) is 4.39 Å². The normalized spacial score (nSPS) is 20.2. The molecule has 1 saturated carbocycles. The molecule has 1 saturated heterocycles. The van der Waals surface area contributed by atoms with Gasteiger partial charge in [0.05, 0.1) is 12.5 Å². The van der Waals surface area contributed by atoms with E-state index in [0.29, 0.717) is 6.61 Å². The number of halogens is 1. The van der Waals surface area contributed by atoms with E-state index in [1.54, 1.807) is 19.2 Å². The molecule has 5 nitrogen and oxygen atoms in total. The number of rotatable bonds is 5. The fourth-order valence-corrected chi connectivity index (χ4v) is 4.59. The van der Waals surface area contributed by atoms with E-state index >= 15 is 0 Å². The molecule has 28 heavy (non-hydrogen) atoms. The number of ether oxygens (including phenoxy) is 1. The van der Waals surface area contributed by atoms with Crippen LogP contribution < -0.4 is 5.32 Å². The first kappa shape index (κ1) is 20.6. The van der Waals surface area contributed by atoms with Crippen molar-refractivity contribution in [3.05, 3.63) is 35.6 Å². The highest BCUT2D eigenvalue weighted by molar-refractivity contribution is 5.80. The zero-order valence-corrected chi connectivity index (χ0v) is 17.0. The summed E-state index contributed by atoms with van der Waals surface area (Å²) in [7, 11) is 1.80. The molecular formula is C22H32FN3O2. The van der Waals surface area contributed by atoms with Crippen molar-refractivity contribution in [3.63, 3.8) is 0 Å². The predicted octanol–water partition coefficient (Wildman–Crippen LogP) is 3.49. The maximum atomic E-state index is 13.4. The Labute approximate surface area is 167 Å². The third-order valence-corrected chi connectivity index (χ3v) is 6.23. The number of likely N-dealkylation sites (tertiary alicyclic amines) is 1. The molecule has 0 spiro atoms. The SMILES string of the molecule is CCOC(=O)C1CCN(C(=NC)NCC2(c3ccc(F)cc3)CCCC2)CC1. The molecular weight excluding hydrogens is 357 g/mol. The van der Waals surface area contributed by atoms with Crippen molar-refractivity contribution in [2.45, 2.75) is 50.9 Å². The number of esters is 1.